The second-order valence-electron chi connectivity index (χ2n) is 7.58. The standard InChI is InChI=1S/C22H21ClFN3O2/c1-13-8-17-14(11-25-13)4-3-5-18(17)26-21(28)27-19-10-22(2,12-24)29-20-9-15(23)6-7-16(19)20/h3-9,11,19H,10,12H2,1-2H3,(H2,26,27,28)/t19-,22-/m1/s1. The van der Waals surface area contributed by atoms with Gasteiger partial charge in [-0.25, -0.2) is 9.18 Å². The summed E-state index contributed by atoms with van der Waals surface area (Å²) in [7, 11) is 0. The number of aromatic nitrogens is 1. The number of hydrogen-bond donors (Lipinski definition) is 2. The molecular weight excluding hydrogens is 393 g/mol. The lowest BCUT2D eigenvalue weighted by Gasteiger charge is -2.38. The first kappa shape index (κ1) is 19.5. The molecule has 29 heavy (non-hydrogen) atoms. The number of hydrogen-bond acceptors (Lipinski definition) is 3. The fraction of sp³-hybridized carbons (Fsp3) is 0.273. The number of nitrogens with one attached hydrogen (secondary N) is 2. The summed E-state index contributed by atoms with van der Waals surface area (Å²) in [6.07, 6.45) is 2.09. The highest BCUT2D eigenvalue weighted by Crippen LogP contribution is 2.41. The Bertz CT molecular complexity index is 1090. The van der Waals surface area contributed by atoms with E-state index in [1.807, 2.05) is 31.2 Å². The molecule has 1 aliphatic heterocycles. The van der Waals surface area contributed by atoms with Crippen LogP contribution in [0.2, 0.25) is 5.02 Å². The van der Waals surface area contributed by atoms with Gasteiger partial charge in [0.05, 0.1) is 11.7 Å². The van der Waals surface area contributed by atoms with E-state index < -0.39 is 18.3 Å². The molecule has 0 unspecified atom stereocenters. The van der Waals surface area contributed by atoms with Crippen LogP contribution >= 0.6 is 11.6 Å². The van der Waals surface area contributed by atoms with Crippen molar-refractivity contribution in [1.82, 2.24) is 10.3 Å². The Kier molecular flexibility index (Phi) is 5.04. The maximum Gasteiger partial charge on any atom is 0.319 e. The highest BCUT2D eigenvalue weighted by molar-refractivity contribution is 6.30. The van der Waals surface area contributed by atoms with Gasteiger partial charge in [0.1, 0.15) is 18.0 Å². The number of nitrogens with zero attached hydrogens (tertiary/aromatic N) is 1. The minimum absolute atomic E-state index is 0.310. The SMILES string of the molecule is Cc1cc2c(NC(=O)N[C@@H]3C[C@](C)(CF)Oc4cc(Cl)ccc43)cccc2cn1. The zero-order valence-corrected chi connectivity index (χ0v) is 16.9. The Morgan fingerprint density at radius 3 is 2.97 bits per heavy atom. The Hall–Kier alpha value is -2.86. The number of benzene rings is 2. The maximum absolute atomic E-state index is 13.6. The average molecular weight is 414 g/mol. The van der Waals surface area contributed by atoms with Crippen molar-refractivity contribution in [3.05, 3.63) is 64.9 Å². The van der Waals surface area contributed by atoms with E-state index in [-0.39, 0.29) is 6.03 Å². The molecule has 2 N–H and O–H groups in total. The van der Waals surface area contributed by atoms with Gasteiger partial charge < -0.3 is 15.4 Å². The molecule has 150 valence electrons. The molecule has 2 heterocycles. The second-order valence-corrected chi connectivity index (χ2v) is 8.01. The Morgan fingerprint density at radius 1 is 1.34 bits per heavy atom. The van der Waals surface area contributed by atoms with Gasteiger partial charge in [-0.1, -0.05) is 29.8 Å². The van der Waals surface area contributed by atoms with Gasteiger partial charge in [-0.05, 0) is 38.1 Å². The van der Waals surface area contributed by atoms with Crippen LogP contribution in [0.5, 0.6) is 5.75 Å². The third kappa shape index (κ3) is 3.98. The largest absolute Gasteiger partial charge is 0.484 e. The number of aryl methyl sites for hydroxylation is 1. The number of amides is 2. The number of urea groups is 1. The zero-order chi connectivity index (χ0) is 20.6. The topological polar surface area (TPSA) is 63.2 Å². The summed E-state index contributed by atoms with van der Waals surface area (Å²) >= 11 is 6.06. The van der Waals surface area contributed by atoms with Gasteiger partial charge in [0.15, 0.2) is 0 Å². The first-order valence-corrected chi connectivity index (χ1v) is 9.72. The van der Waals surface area contributed by atoms with Gasteiger partial charge in [-0.2, -0.15) is 0 Å². The fourth-order valence-electron chi connectivity index (χ4n) is 3.64. The van der Waals surface area contributed by atoms with Crippen LogP contribution in [0.15, 0.2) is 48.7 Å². The normalized spacial score (nSPS) is 20.6. The smallest absolute Gasteiger partial charge is 0.319 e. The average Bonchev–Trinajstić information content (AvgIpc) is 2.68. The number of ether oxygens (including phenoxy) is 1. The molecule has 4 rings (SSSR count). The number of carbonyl (C=O) groups is 1. The highest BCUT2D eigenvalue weighted by atomic mass is 35.5. The minimum Gasteiger partial charge on any atom is -0.484 e. The summed E-state index contributed by atoms with van der Waals surface area (Å²) in [5, 5.41) is 8.20. The van der Waals surface area contributed by atoms with E-state index in [1.165, 1.54) is 0 Å². The molecule has 2 atom stereocenters. The number of fused-ring (bicyclic) bond motifs is 2. The predicted molar refractivity (Wildman–Crippen MR) is 112 cm³/mol. The summed E-state index contributed by atoms with van der Waals surface area (Å²) < 4.78 is 19.4. The molecule has 7 heteroatoms. The summed E-state index contributed by atoms with van der Waals surface area (Å²) in [5.74, 6) is 0.487. The van der Waals surface area contributed by atoms with Gasteiger partial charge in [0.25, 0.3) is 0 Å². The summed E-state index contributed by atoms with van der Waals surface area (Å²) in [6.45, 7) is 2.91. The molecular formula is C22H21ClFN3O2. The van der Waals surface area contributed by atoms with Crippen LogP contribution in [0.3, 0.4) is 0 Å². The van der Waals surface area contributed by atoms with Gasteiger partial charge >= 0.3 is 6.03 Å². The highest BCUT2D eigenvalue weighted by Gasteiger charge is 2.38. The third-order valence-corrected chi connectivity index (χ3v) is 5.31. The lowest BCUT2D eigenvalue weighted by Crippen LogP contribution is -2.45. The van der Waals surface area contributed by atoms with Crippen molar-refractivity contribution in [2.45, 2.75) is 31.9 Å². The molecule has 1 aromatic heterocycles. The van der Waals surface area contributed by atoms with E-state index in [9.17, 15) is 9.18 Å². The predicted octanol–water partition coefficient (Wildman–Crippen LogP) is 5.57. The van der Waals surface area contributed by atoms with Crippen molar-refractivity contribution in [2.24, 2.45) is 0 Å². The monoisotopic (exact) mass is 413 g/mol. The number of rotatable bonds is 3. The summed E-state index contributed by atoms with van der Waals surface area (Å²) in [5.41, 5.74) is 1.29. The molecule has 0 spiro atoms. The van der Waals surface area contributed by atoms with Crippen LogP contribution in [0.1, 0.15) is 30.6 Å². The van der Waals surface area contributed by atoms with Crippen LogP contribution in [-0.2, 0) is 0 Å². The molecule has 3 aromatic rings. The van der Waals surface area contributed by atoms with Crippen LogP contribution < -0.4 is 15.4 Å². The molecule has 0 radical (unpaired) electrons. The number of pyridine rings is 1. The van der Waals surface area contributed by atoms with E-state index in [0.29, 0.717) is 22.9 Å². The molecule has 0 saturated heterocycles. The van der Waals surface area contributed by atoms with Crippen molar-refractivity contribution in [1.29, 1.82) is 0 Å². The summed E-state index contributed by atoms with van der Waals surface area (Å²) in [4.78, 5) is 17.1. The maximum atomic E-state index is 13.6. The van der Waals surface area contributed by atoms with Gasteiger partial charge in [-0.3, -0.25) is 4.98 Å². The van der Waals surface area contributed by atoms with E-state index in [4.69, 9.17) is 16.3 Å². The van der Waals surface area contributed by atoms with Gasteiger partial charge in [0, 0.05) is 39.7 Å². The Balaban J connectivity index is 1.59. The number of alkyl halides is 1. The first-order valence-electron chi connectivity index (χ1n) is 9.34. The number of carbonyl (C=O) groups excluding carboxylic acids is 1. The van der Waals surface area contributed by atoms with Crippen LogP contribution in [0.4, 0.5) is 14.9 Å². The third-order valence-electron chi connectivity index (χ3n) is 5.08. The van der Waals surface area contributed by atoms with Crippen LogP contribution in [-0.4, -0.2) is 23.3 Å². The first-order chi connectivity index (χ1) is 13.9. The van der Waals surface area contributed by atoms with E-state index in [0.717, 1.165) is 22.0 Å². The molecule has 2 amide bonds. The summed E-state index contributed by atoms with van der Waals surface area (Å²) in [6, 6.07) is 12.0. The molecule has 1 aliphatic rings. The van der Waals surface area contributed by atoms with E-state index >= 15 is 0 Å². The van der Waals surface area contributed by atoms with Crippen molar-refractivity contribution < 1.29 is 13.9 Å². The van der Waals surface area contributed by atoms with Crippen molar-refractivity contribution in [3.63, 3.8) is 0 Å². The van der Waals surface area contributed by atoms with Crippen LogP contribution in [0.25, 0.3) is 10.8 Å². The van der Waals surface area contributed by atoms with Crippen molar-refractivity contribution in [3.8, 4) is 5.75 Å². The van der Waals surface area contributed by atoms with E-state index in [2.05, 4.69) is 15.6 Å². The number of anilines is 1. The number of halogens is 2. The van der Waals surface area contributed by atoms with E-state index in [1.54, 1.807) is 31.3 Å². The minimum atomic E-state index is -1.03. The second kappa shape index (κ2) is 7.52. The molecule has 2 aromatic carbocycles. The fourth-order valence-corrected chi connectivity index (χ4v) is 3.81. The Labute approximate surface area is 173 Å². The molecule has 0 fully saturated rings. The molecule has 0 bridgehead atoms. The zero-order valence-electron chi connectivity index (χ0n) is 16.1. The van der Waals surface area contributed by atoms with Crippen LogP contribution in [0, 0.1) is 6.92 Å². The lowest BCUT2D eigenvalue weighted by atomic mass is 9.89. The molecule has 5 nitrogen and oxygen atoms in total. The Morgan fingerprint density at radius 2 is 2.17 bits per heavy atom. The quantitative estimate of drug-likeness (QED) is 0.590. The van der Waals surface area contributed by atoms with Crippen molar-refractivity contribution in [2.75, 3.05) is 12.0 Å². The molecule has 0 saturated carbocycles. The molecule has 0 aliphatic carbocycles. The van der Waals surface area contributed by atoms with Gasteiger partial charge in [-0.15, -0.1) is 0 Å². The lowest BCUT2D eigenvalue weighted by molar-refractivity contribution is 0.0263. The van der Waals surface area contributed by atoms with Crippen molar-refractivity contribution >= 4 is 34.1 Å². The van der Waals surface area contributed by atoms with Gasteiger partial charge in [0.2, 0.25) is 0 Å².